The molecule has 0 radical (unpaired) electrons. The molecule has 23 heavy (non-hydrogen) atoms. The largest absolute Gasteiger partial charge is 0.466 e. The van der Waals surface area contributed by atoms with Crippen molar-refractivity contribution in [3.8, 4) is 0 Å². The van der Waals surface area contributed by atoms with Crippen molar-refractivity contribution in [3.63, 3.8) is 0 Å². The fraction of sp³-hybridized carbons (Fsp3) is 0.588. The second-order valence-electron chi connectivity index (χ2n) is 5.20. The van der Waals surface area contributed by atoms with Crippen LogP contribution in [0.25, 0.3) is 0 Å². The molecule has 0 aromatic heterocycles. The summed E-state index contributed by atoms with van der Waals surface area (Å²) in [5.74, 6) is 0.0601. The minimum atomic E-state index is -0.415. The smallest absolute Gasteiger partial charge is 0.251 e. The van der Waals surface area contributed by atoms with Gasteiger partial charge in [-0.15, -0.1) is 0 Å². The number of amides is 1. The number of hydrogen-bond acceptors (Lipinski definition) is 5. The zero-order valence-electron chi connectivity index (χ0n) is 13.2. The van der Waals surface area contributed by atoms with Crippen molar-refractivity contribution >= 4 is 5.91 Å². The summed E-state index contributed by atoms with van der Waals surface area (Å²) in [4.78, 5) is 14.3. The van der Waals surface area contributed by atoms with Gasteiger partial charge in [0.15, 0.2) is 13.1 Å². The summed E-state index contributed by atoms with van der Waals surface area (Å²) in [6.07, 6.45) is 2.88. The van der Waals surface area contributed by atoms with E-state index < -0.39 is 12.4 Å². The summed E-state index contributed by atoms with van der Waals surface area (Å²) in [5.41, 5.74) is 10.0. The highest BCUT2D eigenvalue weighted by Crippen LogP contribution is 2.21. The fourth-order valence-electron chi connectivity index (χ4n) is 2.48. The van der Waals surface area contributed by atoms with Gasteiger partial charge in [0.1, 0.15) is 12.4 Å². The lowest BCUT2D eigenvalue weighted by Gasteiger charge is -2.34. The Morgan fingerprint density at radius 3 is 2.96 bits per heavy atom. The first-order valence-corrected chi connectivity index (χ1v) is 7.78. The predicted molar refractivity (Wildman–Crippen MR) is 83.2 cm³/mol. The molecule has 124 valence electrons. The van der Waals surface area contributed by atoms with Gasteiger partial charge in [-0.3, -0.25) is 4.79 Å². The van der Waals surface area contributed by atoms with Gasteiger partial charge in [-0.1, -0.05) is 5.73 Å². The van der Waals surface area contributed by atoms with E-state index in [2.05, 4.69) is 34.8 Å². The van der Waals surface area contributed by atoms with E-state index in [1.165, 1.54) is 6.26 Å². The van der Waals surface area contributed by atoms with Crippen LogP contribution in [0.15, 0.2) is 35.8 Å². The number of piperazine rings is 1. The quantitative estimate of drug-likeness (QED) is 0.356. The molecule has 2 heterocycles. The van der Waals surface area contributed by atoms with E-state index in [9.17, 15) is 4.79 Å². The van der Waals surface area contributed by atoms with Gasteiger partial charge in [0.2, 0.25) is 0 Å². The molecule has 6 nitrogen and oxygen atoms in total. The second-order valence-corrected chi connectivity index (χ2v) is 5.20. The normalized spacial score (nSPS) is 23.7. The van der Waals surface area contributed by atoms with Gasteiger partial charge in [-0.05, 0) is 43.0 Å². The molecule has 0 aliphatic carbocycles. The minimum Gasteiger partial charge on any atom is -0.466 e. The first-order chi connectivity index (χ1) is 11.3. The minimum absolute atomic E-state index is 0.0334. The molecule has 2 rings (SSSR count). The van der Waals surface area contributed by atoms with Crippen molar-refractivity contribution in [2.75, 3.05) is 33.0 Å². The van der Waals surface area contributed by atoms with Crippen molar-refractivity contribution in [2.24, 2.45) is 0 Å². The Bertz CT molecular complexity index is 545. The molecular weight excluding hydrogens is 296 g/mol. The van der Waals surface area contributed by atoms with Crippen molar-refractivity contribution in [3.05, 3.63) is 35.8 Å². The molecule has 0 aromatic rings. The molecule has 0 bridgehead atoms. The maximum atomic E-state index is 12.4. The van der Waals surface area contributed by atoms with E-state index in [-0.39, 0.29) is 12.7 Å². The number of hydrogen-bond donors (Lipinski definition) is 1. The maximum Gasteiger partial charge on any atom is 0.251 e. The summed E-state index contributed by atoms with van der Waals surface area (Å²) >= 11 is 0. The Hall–Kier alpha value is -1.99. The molecule has 0 spiro atoms. The van der Waals surface area contributed by atoms with Crippen LogP contribution in [0.3, 0.4) is 0 Å². The standard InChI is InChI=1S/C17H22N2O4/c1-2-3-4-5-13-21-14-22-16-8-6-7-15(23-16)17(20)19-11-9-18-10-12-19/h13,15-16,18H,1,6-12,14H2. The van der Waals surface area contributed by atoms with Crippen LogP contribution in [0, 0.1) is 0 Å². The van der Waals surface area contributed by atoms with Gasteiger partial charge in [-0.25, -0.2) is 0 Å². The lowest BCUT2D eigenvalue weighted by Crippen LogP contribution is -2.51. The van der Waals surface area contributed by atoms with E-state index >= 15 is 0 Å². The Labute approximate surface area is 136 Å². The molecule has 2 aliphatic rings. The lowest BCUT2D eigenvalue weighted by atomic mass is 10.1. The highest BCUT2D eigenvalue weighted by atomic mass is 16.7. The van der Waals surface area contributed by atoms with E-state index in [0.29, 0.717) is 0 Å². The van der Waals surface area contributed by atoms with Gasteiger partial charge >= 0.3 is 0 Å². The molecule has 1 N–H and O–H groups in total. The van der Waals surface area contributed by atoms with Crippen LogP contribution < -0.4 is 5.32 Å². The van der Waals surface area contributed by atoms with Gasteiger partial charge in [0, 0.05) is 26.2 Å². The van der Waals surface area contributed by atoms with E-state index in [4.69, 9.17) is 14.2 Å². The van der Waals surface area contributed by atoms with Crippen molar-refractivity contribution in [1.82, 2.24) is 10.2 Å². The second kappa shape index (κ2) is 9.91. The number of rotatable bonds is 5. The third kappa shape index (κ3) is 5.96. The fourth-order valence-corrected chi connectivity index (χ4v) is 2.48. The zero-order valence-corrected chi connectivity index (χ0v) is 13.2. The average Bonchev–Trinajstić information content (AvgIpc) is 2.61. The van der Waals surface area contributed by atoms with Gasteiger partial charge < -0.3 is 24.4 Å². The first kappa shape index (κ1) is 17.4. The molecule has 6 heteroatoms. The predicted octanol–water partition coefficient (Wildman–Crippen LogP) is 1.07. The number of carbonyl (C=O) groups excluding carboxylic acids is 1. The summed E-state index contributed by atoms with van der Waals surface area (Å²) in [6.45, 7) is 6.51. The summed E-state index contributed by atoms with van der Waals surface area (Å²) < 4.78 is 16.3. The number of ether oxygens (including phenoxy) is 3. The van der Waals surface area contributed by atoms with Crippen LogP contribution >= 0.6 is 0 Å². The van der Waals surface area contributed by atoms with E-state index in [1.54, 1.807) is 0 Å². The SMILES string of the molecule is C=C=C=C=C=COCOC1CCCC(C(=O)N2CCNCC2)O1. The van der Waals surface area contributed by atoms with Crippen molar-refractivity contribution < 1.29 is 19.0 Å². The number of nitrogens with zero attached hydrogens (tertiary/aromatic N) is 1. The maximum absolute atomic E-state index is 12.4. The molecule has 2 aliphatic heterocycles. The van der Waals surface area contributed by atoms with E-state index in [0.717, 1.165) is 45.4 Å². The summed E-state index contributed by atoms with van der Waals surface area (Å²) in [6, 6.07) is 0. The molecule has 2 saturated heterocycles. The molecule has 1 amide bonds. The van der Waals surface area contributed by atoms with E-state index in [1.807, 2.05) is 4.90 Å². The summed E-state index contributed by atoms with van der Waals surface area (Å²) in [7, 11) is 0. The van der Waals surface area contributed by atoms with Crippen LogP contribution in [0.5, 0.6) is 0 Å². The van der Waals surface area contributed by atoms with Crippen LogP contribution in [-0.4, -0.2) is 56.2 Å². The number of nitrogens with one attached hydrogen (secondary N) is 1. The molecule has 0 saturated carbocycles. The van der Waals surface area contributed by atoms with Gasteiger partial charge in [0.25, 0.3) is 5.91 Å². The molecule has 2 unspecified atom stereocenters. The number of carbonyl (C=O) groups is 1. The molecule has 2 fully saturated rings. The van der Waals surface area contributed by atoms with Gasteiger partial charge in [0.05, 0.1) is 0 Å². The van der Waals surface area contributed by atoms with Crippen molar-refractivity contribution in [2.45, 2.75) is 31.7 Å². The van der Waals surface area contributed by atoms with Crippen LogP contribution in [-0.2, 0) is 19.0 Å². The van der Waals surface area contributed by atoms with Crippen LogP contribution in [0.1, 0.15) is 19.3 Å². The van der Waals surface area contributed by atoms with Crippen LogP contribution in [0.4, 0.5) is 0 Å². The summed E-state index contributed by atoms with van der Waals surface area (Å²) in [5, 5.41) is 3.23. The lowest BCUT2D eigenvalue weighted by molar-refractivity contribution is -0.224. The highest BCUT2D eigenvalue weighted by Gasteiger charge is 2.31. The average molecular weight is 318 g/mol. The molecular formula is C17H22N2O4. The Morgan fingerprint density at radius 2 is 2.17 bits per heavy atom. The highest BCUT2D eigenvalue weighted by molar-refractivity contribution is 5.81. The molecule has 2 atom stereocenters. The third-order valence-corrected chi connectivity index (χ3v) is 3.61. The Balaban J connectivity index is 1.74. The first-order valence-electron chi connectivity index (χ1n) is 7.78. The van der Waals surface area contributed by atoms with Gasteiger partial charge in [-0.2, -0.15) is 0 Å². The molecule has 0 aromatic carbocycles. The zero-order chi connectivity index (χ0) is 16.3. The topological polar surface area (TPSA) is 60.0 Å². The third-order valence-electron chi connectivity index (χ3n) is 3.61. The van der Waals surface area contributed by atoms with Crippen molar-refractivity contribution in [1.29, 1.82) is 0 Å². The Morgan fingerprint density at radius 1 is 1.35 bits per heavy atom. The van der Waals surface area contributed by atoms with Crippen LogP contribution in [0.2, 0.25) is 0 Å². The Kier molecular flexibility index (Phi) is 7.48. The monoisotopic (exact) mass is 318 g/mol.